The van der Waals surface area contributed by atoms with Crippen LogP contribution < -0.4 is 5.32 Å². The van der Waals surface area contributed by atoms with Crippen molar-refractivity contribution < 1.29 is 9.53 Å². The maximum Gasteiger partial charge on any atom is 0.408 e. The van der Waals surface area contributed by atoms with E-state index >= 15 is 0 Å². The second-order valence-electron chi connectivity index (χ2n) is 4.47. The van der Waals surface area contributed by atoms with Crippen molar-refractivity contribution in [3.63, 3.8) is 0 Å². The van der Waals surface area contributed by atoms with E-state index in [0.717, 1.165) is 0 Å². The number of nitrogens with one attached hydrogen (secondary N) is 1. The van der Waals surface area contributed by atoms with E-state index in [2.05, 4.69) is 15.3 Å². The Morgan fingerprint density at radius 2 is 1.94 bits per heavy atom. The minimum Gasteiger partial charge on any atom is -0.444 e. The van der Waals surface area contributed by atoms with Crippen LogP contribution in [0.4, 0.5) is 4.79 Å². The standard InChI is InChI=1S/C11H17N3O2/c1-8(9-12-6-5-7-13-9)14-10(15)16-11(2,3)4/h5-8H,1-4H3,(H,14,15). The maximum atomic E-state index is 11.5. The molecule has 0 aromatic carbocycles. The molecule has 0 fully saturated rings. The molecule has 1 unspecified atom stereocenters. The van der Waals surface area contributed by atoms with Crippen LogP contribution in [-0.4, -0.2) is 21.7 Å². The van der Waals surface area contributed by atoms with Gasteiger partial charge < -0.3 is 10.1 Å². The highest BCUT2D eigenvalue weighted by atomic mass is 16.6. The lowest BCUT2D eigenvalue weighted by Crippen LogP contribution is -2.34. The number of ether oxygens (including phenoxy) is 1. The van der Waals surface area contributed by atoms with Crippen molar-refractivity contribution in [1.29, 1.82) is 0 Å². The Kier molecular flexibility index (Phi) is 3.82. The lowest BCUT2D eigenvalue weighted by molar-refractivity contribution is 0.0506. The molecule has 0 aliphatic rings. The minimum absolute atomic E-state index is 0.268. The largest absolute Gasteiger partial charge is 0.444 e. The van der Waals surface area contributed by atoms with Gasteiger partial charge in [0.2, 0.25) is 0 Å². The Hall–Kier alpha value is -1.65. The van der Waals surface area contributed by atoms with Crippen LogP contribution in [0, 0.1) is 0 Å². The number of carbonyl (C=O) groups excluding carboxylic acids is 1. The van der Waals surface area contributed by atoms with Gasteiger partial charge in [0.15, 0.2) is 0 Å². The van der Waals surface area contributed by atoms with E-state index in [0.29, 0.717) is 5.82 Å². The van der Waals surface area contributed by atoms with Gasteiger partial charge in [0, 0.05) is 12.4 Å². The van der Waals surface area contributed by atoms with Crippen LogP contribution in [-0.2, 0) is 4.74 Å². The van der Waals surface area contributed by atoms with Crippen molar-refractivity contribution >= 4 is 6.09 Å². The zero-order valence-electron chi connectivity index (χ0n) is 10.0. The van der Waals surface area contributed by atoms with Gasteiger partial charge >= 0.3 is 6.09 Å². The summed E-state index contributed by atoms with van der Waals surface area (Å²) in [5, 5.41) is 2.67. The first kappa shape index (κ1) is 12.4. The molecule has 16 heavy (non-hydrogen) atoms. The molecular weight excluding hydrogens is 206 g/mol. The fourth-order valence-corrected chi connectivity index (χ4v) is 1.08. The van der Waals surface area contributed by atoms with Gasteiger partial charge in [-0.1, -0.05) is 0 Å². The summed E-state index contributed by atoms with van der Waals surface area (Å²) in [6.45, 7) is 7.25. The van der Waals surface area contributed by atoms with Crippen LogP contribution in [0.25, 0.3) is 0 Å². The molecule has 0 saturated carbocycles. The molecule has 0 aliphatic carbocycles. The fraction of sp³-hybridized carbons (Fsp3) is 0.545. The van der Waals surface area contributed by atoms with Gasteiger partial charge in [-0.3, -0.25) is 0 Å². The second-order valence-corrected chi connectivity index (χ2v) is 4.47. The fourth-order valence-electron chi connectivity index (χ4n) is 1.08. The summed E-state index contributed by atoms with van der Waals surface area (Å²) in [5.74, 6) is 0.563. The summed E-state index contributed by atoms with van der Waals surface area (Å²) in [7, 11) is 0. The molecule has 1 rings (SSSR count). The Balaban J connectivity index is 2.52. The van der Waals surface area contributed by atoms with E-state index in [-0.39, 0.29) is 6.04 Å². The van der Waals surface area contributed by atoms with Crippen LogP contribution in [0.2, 0.25) is 0 Å². The number of rotatable bonds is 2. The molecule has 1 aromatic heterocycles. The number of hydrogen-bond acceptors (Lipinski definition) is 4. The highest BCUT2D eigenvalue weighted by molar-refractivity contribution is 5.68. The van der Waals surface area contributed by atoms with Gasteiger partial charge in [-0.2, -0.15) is 0 Å². The first-order valence-corrected chi connectivity index (χ1v) is 5.15. The summed E-state index contributed by atoms with van der Waals surface area (Å²) in [6, 6.07) is 1.46. The second kappa shape index (κ2) is 4.92. The van der Waals surface area contributed by atoms with Gasteiger partial charge in [0.1, 0.15) is 11.4 Å². The van der Waals surface area contributed by atoms with E-state index in [1.807, 2.05) is 20.8 Å². The highest BCUT2D eigenvalue weighted by Crippen LogP contribution is 2.09. The van der Waals surface area contributed by atoms with Crippen molar-refractivity contribution in [2.24, 2.45) is 0 Å². The number of nitrogens with zero attached hydrogens (tertiary/aromatic N) is 2. The minimum atomic E-state index is -0.499. The molecule has 1 heterocycles. The molecule has 0 radical (unpaired) electrons. The molecule has 0 bridgehead atoms. The monoisotopic (exact) mass is 223 g/mol. The molecule has 5 nitrogen and oxygen atoms in total. The lowest BCUT2D eigenvalue weighted by atomic mass is 10.2. The van der Waals surface area contributed by atoms with Gasteiger partial charge in [-0.15, -0.1) is 0 Å². The third-order valence-corrected chi connectivity index (χ3v) is 1.71. The number of carbonyl (C=O) groups is 1. The van der Waals surface area contributed by atoms with E-state index in [4.69, 9.17) is 4.74 Å². The van der Waals surface area contributed by atoms with Crippen molar-refractivity contribution in [3.8, 4) is 0 Å². The molecule has 5 heteroatoms. The molecule has 0 saturated heterocycles. The Bertz CT molecular complexity index is 346. The average molecular weight is 223 g/mol. The quantitative estimate of drug-likeness (QED) is 0.833. The maximum absolute atomic E-state index is 11.5. The van der Waals surface area contributed by atoms with Crippen molar-refractivity contribution in [3.05, 3.63) is 24.3 Å². The number of aromatic nitrogens is 2. The SMILES string of the molecule is CC(NC(=O)OC(C)(C)C)c1ncccn1. The summed E-state index contributed by atoms with van der Waals surface area (Å²) < 4.78 is 5.12. The summed E-state index contributed by atoms with van der Waals surface area (Å²) in [6.07, 6.45) is 2.80. The van der Waals surface area contributed by atoms with E-state index in [9.17, 15) is 4.79 Å². The summed E-state index contributed by atoms with van der Waals surface area (Å²) >= 11 is 0. The number of hydrogen-bond donors (Lipinski definition) is 1. The Labute approximate surface area is 95.3 Å². The topological polar surface area (TPSA) is 64.1 Å². The normalized spacial score (nSPS) is 13.0. The Morgan fingerprint density at radius 1 is 1.38 bits per heavy atom. The summed E-state index contributed by atoms with van der Waals surface area (Å²) in [5.41, 5.74) is -0.499. The van der Waals surface area contributed by atoms with Gasteiger partial charge in [-0.25, -0.2) is 14.8 Å². The van der Waals surface area contributed by atoms with Gasteiger partial charge in [0.25, 0.3) is 0 Å². The van der Waals surface area contributed by atoms with Crippen molar-refractivity contribution in [1.82, 2.24) is 15.3 Å². The third kappa shape index (κ3) is 4.25. The lowest BCUT2D eigenvalue weighted by Gasteiger charge is -2.21. The highest BCUT2D eigenvalue weighted by Gasteiger charge is 2.18. The van der Waals surface area contributed by atoms with Crippen LogP contribution in [0.15, 0.2) is 18.5 Å². The molecule has 0 aliphatic heterocycles. The van der Waals surface area contributed by atoms with E-state index < -0.39 is 11.7 Å². The predicted molar refractivity (Wildman–Crippen MR) is 59.8 cm³/mol. The predicted octanol–water partition coefficient (Wildman–Crippen LogP) is 2.06. The number of amides is 1. The van der Waals surface area contributed by atoms with Crippen LogP contribution >= 0.6 is 0 Å². The molecular formula is C11H17N3O2. The smallest absolute Gasteiger partial charge is 0.408 e. The van der Waals surface area contributed by atoms with E-state index in [1.54, 1.807) is 25.4 Å². The molecule has 88 valence electrons. The van der Waals surface area contributed by atoms with Crippen LogP contribution in [0.3, 0.4) is 0 Å². The first-order valence-electron chi connectivity index (χ1n) is 5.15. The third-order valence-electron chi connectivity index (χ3n) is 1.71. The molecule has 1 aromatic rings. The summed E-state index contributed by atoms with van der Waals surface area (Å²) in [4.78, 5) is 19.5. The molecule has 1 amide bonds. The van der Waals surface area contributed by atoms with E-state index in [1.165, 1.54) is 0 Å². The zero-order chi connectivity index (χ0) is 12.2. The molecule has 0 spiro atoms. The zero-order valence-corrected chi connectivity index (χ0v) is 10.0. The van der Waals surface area contributed by atoms with Gasteiger partial charge in [-0.05, 0) is 33.8 Å². The average Bonchev–Trinajstić information content (AvgIpc) is 2.16. The van der Waals surface area contributed by atoms with Crippen molar-refractivity contribution in [2.45, 2.75) is 39.3 Å². The molecule has 1 atom stereocenters. The first-order chi connectivity index (χ1) is 7.38. The molecule has 1 N–H and O–H groups in total. The van der Waals surface area contributed by atoms with Crippen LogP contribution in [0.5, 0.6) is 0 Å². The Morgan fingerprint density at radius 3 is 2.44 bits per heavy atom. The van der Waals surface area contributed by atoms with Crippen molar-refractivity contribution in [2.75, 3.05) is 0 Å². The van der Waals surface area contributed by atoms with Gasteiger partial charge in [0.05, 0.1) is 6.04 Å². The van der Waals surface area contributed by atoms with Crippen LogP contribution in [0.1, 0.15) is 39.6 Å². The number of alkyl carbamates (subject to hydrolysis) is 1.